The minimum absolute atomic E-state index is 0.316. The van der Waals surface area contributed by atoms with Gasteiger partial charge in [0.1, 0.15) is 17.5 Å². The number of hydrogen-bond acceptors (Lipinski definition) is 6. The molecule has 1 aliphatic heterocycles. The van der Waals surface area contributed by atoms with E-state index in [1.807, 2.05) is 32.0 Å². The Kier molecular flexibility index (Phi) is 6.88. The Balaban J connectivity index is 1.92. The van der Waals surface area contributed by atoms with Gasteiger partial charge in [0.25, 0.3) is 0 Å². The van der Waals surface area contributed by atoms with E-state index in [2.05, 4.69) is 16.2 Å². The predicted octanol–water partition coefficient (Wildman–Crippen LogP) is 2.34. The van der Waals surface area contributed by atoms with Crippen LogP contribution in [-0.4, -0.2) is 45.3 Å². The molecule has 1 aliphatic rings. The number of amides is 1. The van der Waals surface area contributed by atoms with Crippen LogP contribution < -0.4 is 25.2 Å². The van der Waals surface area contributed by atoms with Gasteiger partial charge in [0.2, 0.25) is 15.9 Å². The summed E-state index contributed by atoms with van der Waals surface area (Å²) in [6.45, 7) is 7.16. The number of sulfonamides is 1. The number of hydrogen-bond donors (Lipinski definition) is 3. The molecule has 31 heavy (non-hydrogen) atoms. The quantitative estimate of drug-likeness (QED) is 0.604. The molecule has 9 heteroatoms. The number of aryl methyl sites for hydroxylation is 2. The maximum atomic E-state index is 13.6. The standard InChI is InChI=1S/C22H30N4O4S/c1-14-10-15(2)12-18(11-14)23-21(27)13-26(19-6-8-20(30-5)9-7-19)31(28,29)22-16(3)24-25-17(22)4/h6-12,16-17,22,24-25H,13H2,1-5H3,(H,23,27). The zero-order valence-electron chi connectivity index (χ0n) is 18.5. The van der Waals surface area contributed by atoms with Crippen molar-refractivity contribution in [3.63, 3.8) is 0 Å². The lowest BCUT2D eigenvalue weighted by atomic mass is 10.1. The molecule has 2 unspecified atom stereocenters. The van der Waals surface area contributed by atoms with E-state index in [0.29, 0.717) is 17.1 Å². The van der Waals surface area contributed by atoms with Crippen molar-refractivity contribution in [2.75, 3.05) is 23.3 Å². The number of benzene rings is 2. The molecule has 2 aromatic rings. The average molecular weight is 447 g/mol. The third kappa shape index (κ3) is 5.17. The molecule has 1 amide bonds. The van der Waals surface area contributed by atoms with Crippen LogP contribution >= 0.6 is 0 Å². The highest BCUT2D eigenvalue weighted by Gasteiger charge is 2.44. The molecule has 2 atom stereocenters. The van der Waals surface area contributed by atoms with Gasteiger partial charge in [0, 0.05) is 17.8 Å². The van der Waals surface area contributed by atoms with Gasteiger partial charge in [-0.2, -0.15) is 0 Å². The number of ether oxygens (including phenoxy) is 1. The second-order valence-corrected chi connectivity index (χ2v) is 10.0. The maximum Gasteiger partial charge on any atom is 0.245 e. The number of carbonyl (C=O) groups excluding carboxylic acids is 1. The van der Waals surface area contributed by atoms with Gasteiger partial charge in [0.05, 0.1) is 12.8 Å². The van der Waals surface area contributed by atoms with Crippen molar-refractivity contribution in [2.24, 2.45) is 0 Å². The predicted molar refractivity (Wildman–Crippen MR) is 123 cm³/mol. The van der Waals surface area contributed by atoms with Crippen molar-refractivity contribution in [1.29, 1.82) is 0 Å². The van der Waals surface area contributed by atoms with Crippen LogP contribution in [0.3, 0.4) is 0 Å². The van der Waals surface area contributed by atoms with Gasteiger partial charge in [-0.05, 0) is 75.2 Å². The average Bonchev–Trinajstić information content (AvgIpc) is 3.04. The van der Waals surface area contributed by atoms with E-state index in [-0.39, 0.29) is 18.6 Å². The van der Waals surface area contributed by atoms with Crippen LogP contribution in [0.5, 0.6) is 5.75 Å². The minimum Gasteiger partial charge on any atom is -0.497 e. The fourth-order valence-electron chi connectivity index (χ4n) is 3.98. The Morgan fingerprint density at radius 3 is 2.10 bits per heavy atom. The third-order valence-corrected chi connectivity index (χ3v) is 7.79. The monoisotopic (exact) mass is 446 g/mol. The van der Waals surface area contributed by atoms with Crippen molar-refractivity contribution >= 4 is 27.3 Å². The molecule has 0 aromatic heterocycles. The van der Waals surface area contributed by atoms with Crippen molar-refractivity contribution in [3.05, 3.63) is 53.6 Å². The van der Waals surface area contributed by atoms with Crippen LogP contribution in [0.15, 0.2) is 42.5 Å². The van der Waals surface area contributed by atoms with Gasteiger partial charge in [-0.1, -0.05) is 6.07 Å². The minimum atomic E-state index is -3.87. The van der Waals surface area contributed by atoms with E-state index in [0.717, 1.165) is 11.1 Å². The fourth-order valence-corrected chi connectivity index (χ4v) is 6.15. The Labute approximate surface area is 184 Å². The fraction of sp³-hybridized carbons (Fsp3) is 0.409. The van der Waals surface area contributed by atoms with E-state index in [4.69, 9.17) is 4.74 Å². The van der Waals surface area contributed by atoms with Crippen molar-refractivity contribution in [1.82, 2.24) is 10.9 Å². The van der Waals surface area contributed by atoms with Crippen LogP contribution in [0, 0.1) is 13.8 Å². The first-order valence-electron chi connectivity index (χ1n) is 10.2. The lowest BCUT2D eigenvalue weighted by Gasteiger charge is -2.30. The highest BCUT2D eigenvalue weighted by atomic mass is 32.2. The number of carbonyl (C=O) groups is 1. The summed E-state index contributed by atoms with van der Waals surface area (Å²) in [5.41, 5.74) is 9.03. The molecule has 1 heterocycles. The molecule has 0 bridgehead atoms. The summed E-state index contributed by atoms with van der Waals surface area (Å²) < 4.78 is 33.6. The van der Waals surface area contributed by atoms with Crippen LogP contribution in [0.4, 0.5) is 11.4 Å². The summed E-state index contributed by atoms with van der Waals surface area (Å²) in [5, 5.41) is 2.10. The molecule has 1 saturated heterocycles. The summed E-state index contributed by atoms with van der Waals surface area (Å²) in [7, 11) is -2.33. The van der Waals surface area contributed by atoms with E-state index in [1.54, 1.807) is 45.2 Å². The molecule has 0 aliphatic carbocycles. The Morgan fingerprint density at radius 1 is 1.03 bits per heavy atom. The third-order valence-electron chi connectivity index (χ3n) is 5.33. The number of anilines is 2. The number of nitrogens with zero attached hydrogens (tertiary/aromatic N) is 1. The smallest absolute Gasteiger partial charge is 0.245 e. The normalized spacial score (nSPS) is 21.0. The van der Waals surface area contributed by atoms with Crippen LogP contribution in [0.1, 0.15) is 25.0 Å². The zero-order chi connectivity index (χ0) is 22.8. The lowest BCUT2D eigenvalue weighted by molar-refractivity contribution is -0.114. The van der Waals surface area contributed by atoms with Crippen LogP contribution in [0.2, 0.25) is 0 Å². The molecular formula is C22H30N4O4S. The topological polar surface area (TPSA) is 99.8 Å². The molecule has 3 N–H and O–H groups in total. The molecular weight excluding hydrogens is 416 g/mol. The first kappa shape index (κ1) is 23.1. The van der Waals surface area contributed by atoms with E-state index in [1.165, 1.54) is 4.31 Å². The van der Waals surface area contributed by atoms with Crippen molar-refractivity contribution in [3.8, 4) is 5.75 Å². The van der Waals surface area contributed by atoms with Gasteiger partial charge in [-0.15, -0.1) is 0 Å². The first-order chi connectivity index (χ1) is 14.6. The molecule has 1 fully saturated rings. The van der Waals surface area contributed by atoms with E-state index >= 15 is 0 Å². The number of hydrazine groups is 1. The largest absolute Gasteiger partial charge is 0.497 e. The van der Waals surface area contributed by atoms with Crippen LogP contribution in [-0.2, 0) is 14.8 Å². The summed E-state index contributed by atoms with van der Waals surface area (Å²) in [6.07, 6.45) is 0. The summed E-state index contributed by atoms with van der Waals surface area (Å²) in [4.78, 5) is 12.9. The maximum absolute atomic E-state index is 13.6. The molecule has 2 aromatic carbocycles. The summed E-state index contributed by atoms with van der Waals surface area (Å²) in [6, 6.07) is 11.7. The Hall–Kier alpha value is -2.62. The molecule has 0 radical (unpaired) electrons. The Morgan fingerprint density at radius 2 is 1.58 bits per heavy atom. The van der Waals surface area contributed by atoms with E-state index in [9.17, 15) is 13.2 Å². The van der Waals surface area contributed by atoms with Gasteiger partial charge in [-0.3, -0.25) is 20.0 Å². The van der Waals surface area contributed by atoms with Gasteiger partial charge in [-0.25, -0.2) is 8.42 Å². The number of nitrogens with one attached hydrogen (secondary N) is 3. The number of methoxy groups -OCH3 is 1. The Bertz CT molecular complexity index is 1010. The molecule has 3 rings (SSSR count). The van der Waals surface area contributed by atoms with Gasteiger partial charge in [0.15, 0.2) is 0 Å². The van der Waals surface area contributed by atoms with E-state index < -0.39 is 21.2 Å². The molecule has 0 spiro atoms. The highest BCUT2D eigenvalue weighted by Crippen LogP contribution is 2.27. The second-order valence-electron chi connectivity index (χ2n) is 8.00. The highest BCUT2D eigenvalue weighted by molar-refractivity contribution is 7.93. The summed E-state index contributed by atoms with van der Waals surface area (Å²) >= 11 is 0. The van der Waals surface area contributed by atoms with Gasteiger partial charge >= 0.3 is 0 Å². The summed E-state index contributed by atoms with van der Waals surface area (Å²) in [5.74, 6) is 0.190. The lowest BCUT2D eigenvalue weighted by Crippen LogP contribution is -2.49. The van der Waals surface area contributed by atoms with Crippen LogP contribution in [0.25, 0.3) is 0 Å². The number of rotatable bonds is 7. The zero-order valence-corrected chi connectivity index (χ0v) is 19.3. The van der Waals surface area contributed by atoms with Gasteiger partial charge < -0.3 is 10.1 Å². The molecule has 8 nitrogen and oxygen atoms in total. The molecule has 0 saturated carbocycles. The van der Waals surface area contributed by atoms with Crippen molar-refractivity contribution < 1.29 is 17.9 Å². The SMILES string of the molecule is COc1ccc(N(CC(=O)Nc2cc(C)cc(C)c2)S(=O)(=O)C2C(C)NNC2C)cc1. The van der Waals surface area contributed by atoms with Crippen molar-refractivity contribution in [2.45, 2.75) is 45.0 Å². The second kappa shape index (κ2) is 9.25. The first-order valence-corrected chi connectivity index (χ1v) is 11.7. The molecule has 168 valence electrons.